The zero-order chi connectivity index (χ0) is 15.2. The SMILES string of the molecule is CC(C)=CCCCCCCCCCCOc1ccccc1. The summed E-state index contributed by atoms with van der Waals surface area (Å²) >= 11 is 0. The van der Waals surface area contributed by atoms with E-state index in [1.165, 1.54) is 63.4 Å². The van der Waals surface area contributed by atoms with Crippen LogP contribution in [0.5, 0.6) is 5.75 Å². The molecule has 0 aliphatic heterocycles. The van der Waals surface area contributed by atoms with Crippen molar-refractivity contribution in [2.24, 2.45) is 0 Å². The van der Waals surface area contributed by atoms with Crippen LogP contribution in [0, 0.1) is 0 Å². The highest BCUT2D eigenvalue weighted by atomic mass is 16.5. The number of hydrogen-bond donors (Lipinski definition) is 0. The Labute approximate surface area is 131 Å². The van der Waals surface area contributed by atoms with E-state index in [-0.39, 0.29) is 0 Å². The summed E-state index contributed by atoms with van der Waals surface area (Å²) in [5.41, 5.74) is 1.45. The molecule has 21 heavy (non-hydrogen) atoms. The van der Waals surface area contributed by atoms with E-state index in [4.69, 9.17) is 4.74 Å². The zero-order valence-corrected chi connectivity index (χ0v) is 13.9. The third-order valence-electron chi connectivity index (χ3n) is 3.66. The lowest BCUT2D eigenvalue weighted by Crippen LogP contribution is -1.96. The van der Waals surface area contributed by atoms with Crippen molar-refractivity contribution in [2.45, 2.75) is 71.6 Å². The summed E-state index contributed by atoms with van der Waals surface area (Å²) < 4.78 is 5.69. The fourth-order valence-corrected chi connectivity index (χ4v) is 2.40. The lowest BCUT2D eigenvalue weighted by atomic mass is 10.1. The van der Waals surface area contributed by atoms with Gasteiger partial charge in [-0.1, -0.05) is 68.4 Å². The molecule has 118 valence electrons. The predicted molar refractivity (Wildman–Crippen MR) is 92.9 cm³/mol. The fourth-order valence-electron chi connectivity index (χ4n) is 2.40. The Morgan fingerprint density at radius 3 is 2.00 bits per heavy atom. The zero-order valence-electron chi connectivity index (χ0n) is 13.9. The summed E-state index contributed by atoms with van der Waals surface area (Å²) in [4.78, 5) is 0. The smallest absolute Gasteiger partial charge is 0.119 e. The van der Waals surface area contributed by atoms with Crippen molar-refractivity contribution in [2.75, 3.05) is 6.61 Å². The molecule has 0 heterocycles. The summed E-state index contributed by atoms with van der Waals surface area (Å²) in [5, 5.41) is 0. The first-order chi connectivity index (χ1) is 10.3. The summed E-state index contributed by atoms with van der Waals surface area (Å²) in [5.74, 6) is 0.994. The number of rotatable bonds is 12. The monoisotopic (exact) mass is 288 g/mol. The van der Waals surface area contributed by atoms with Gasteiger partial charge in [0.25, 0.3) is 0 Å². The molecular weight excluding hydrogens is 256 g/mol. The Kier molecular flexibility index (Phi) is 10.6. The fraction of sp³-hybridized carbons (Fsp3) is 0.600. The van der Waals surface area contributed by atoms with Crippen LogP contribution in [0.25, 0.3) is 0 Å². The van der Waals surface area contributed by atoms with Gasteiger partial charge >= 0.3 is 0 Å². The molecule has 1 aromatic rings. The quantitative estimate of drug-likeness (QED) is 0.313. The molecule has 1 rings (SSSR count). The van der Waals surface area contributed by atoms with E-state index in [1.807, 2.05) is 30.3 Å². The Hall–Kier alpha value is -1.24. The Morgan fingerprint density at radius 1 is 0.810 bits per heavy atom. The van der Waals surface area contributed by atoms with Gasteiger partial charge in [-0.2, -0.15) is 0 Å². The molecule has 0 unspecified atom stereocenters. The van der Waals surface area contributed by atoms with Crippen LogP contribution in [0.3, 0.4) is 0 Å². The van der Waals surface area contributed by atoms with Gasteiger partial charge in [0.05, 0.1) is 6.61 Å². The number of allylic oxidation sites excluding steroid dienone is 2. The molecule has 0 aliphatic carbocycles. The van der Waals surface area contributed by atoms with Crippen molar-refractivity contribution in [3.05, 3.63) is 42.0 Å². The van der Waals surface area contributed by atoms with Gasteiger partial charge in [0.2, 0.25) is 0 Å². The van der Waals surface area contributed by atoms with Crippen LogP contribution in [-0.4, -0.2) is 6.61 Å². The first-order valence-corrected chi connectivity index (χ1v) is 8.60. The number of benzene rings is 1. The molecule has 0 saturated carbocycles. The molecular formula is C20H32O. The van der Waals surface area contributed by atoms with Crippen molar-refractivity contribution in [3.8, 4) is 5.75 Å². The van der Waals surface area contributed by atoms with Gasteiger partial charge in [-0.05, 0) is 45.2 Å². The first kappa shape index (κ1) is 17.8. The summed E-state index contributed by atoms with van der Waals surface area (Å²) in [6.07, 6.45) is 14.4. The van der Waals surface area contributed by atoms with Crippen molar-refractivity contribution >= 4 is 0 Å². The lowest BCUT2D eigenvalue weighted by molar-refractivity contribution is 0.304. The van der Waals surface area contributed by atoms with Gasteiger partial charge in [0, 0.05) is 0 Å². The predicted octanol–water partition coefficient (Wildman–Crippen LogP) is 6.54. The molecule has 0 spiro atoms. The summed E-state index contributed by atoms with van der Waals surface area (Å²) in [6.45, 7) is 5.22. The molecule has 0 aromatic heterocycles. The first-order valence-electron chi connectivity index (χ1n) is 8.60. The second kappa shape index (κ2) is 12.5. The van der Waals surface area contributed by atoms with Crippen molar-refractivity contribution in [1.82, 2.24) is 0 Å². The van der Waals surface area contributed by atoms with E-state index in [9.17, 15) is 0 Å². The molecule has 1 heteroatoms. The van der Waals surface area contributed by atoms with Gasteiger partial charge in [-0.25, -0.2) is 0 Å². The Bertz CT molecular complexity index is 363. The van der Waals surface area contributed by atoms with Gasteiger partial charge in [-0.3, -0.25) is 0 Å². The molecule has 0 radical (unpaired) electrons. The number of para-hydroxylation sites is 1. The second-order valence-corrected chi connectivity index (χ2v) is 6.06. The van der Waals surface area contributed by atoms with Crippen molar-refractivity contribution in [3.63, 3.8) is 0 Å². The lowest BCUT2D eigenvalue weighted by Gasteiger charge is -2.05. The molecule has 0 fully saturated rings. The van der Waals surface area contributed by atoms with E-state index in [2.05, 4.69) is 19.9 Å². The summed E-state index contributed by atoms with van der Waals surface area (Å²) in [6, 6.07) is 10.1. The minimum absolute atomic E-state index is 0.854. The van der Waals surface area contributed by atoms with Crippen LogP contribution in [0.4, 0.5) is 0 Å². The number of hydrogen-bond acceptors (Lipinski definition) is 1. The number of ether oxygens (including phenoxy) is 1. The third-order valence-corrected chi connectivity index (χ3v) is 3.66. The standard InChI is InChI=1S/C20H32O/c1-19(2)15-11-8-6-4-3-5-7-9-14-18-21-20-16-12-10-13-17-20/h10,12-13,15-17H,3-9,11,14,18H2,1-2H3. The van der Waals surface area contributed by atoms with Crippen LogP contribution >= 0.6 is 0 Å². The van der Waals surface area contributed by atoms with Crippen molar-refractivity contribution < 1.29 is 4.74 Å². The molecule has 0 bridgehead atoms. The van der Waals surface area contributed by atoms with E-state index in [0.29, 0.717) is 0 Å². The largest absolute Gasteiger partial charge is 0.494 e. The van der Waals surface area contributed by atoms with Crippen LogP contribution < -0.4 is 4.74 Å². The van der Waals surface area contributed by atoms with Crippen LogP contribution in [0.15, 0.2) is 42.0 Å². The average molecular weight is 288 g/mol. The topological polar surface area (TPSA) is 9.23 Å². The Morgan fingerprint density at radius 2 is 1.38 bits per heavy atom. The van der Waals surface area contributed by atoms with E-state index in [0.717, 1.165) is 12.4 Å². The molecule has 0 saturated heterocycles. The number of unbranched alkanes of at least 4 members (excludes halogenated alkanes) is 8. The highest BCUT2D eigenvalue weighted by Crippen LogP contribution is 2.12. The molecule has 0 N–H and O–H groups in total. The van der Waals surface area contributed by atoms with E-state index < -0.39 is 0 Å². The average Bonchev–Trinajstić information content (AvgIpc) is 2.49. The maximum absolute atomic E-state index is 5.69. The molecule has 0 atom stereocenters. The minimum atomic E-state index is 0.854. The van der Waals surface area contributed by atoms with Crippen LogP contribution in [-0.2, 0) is 0 Å². The third kappa shape index (κ3) is 11.1. The maximum Gasteiger partial charge on any atom is 0.119 e. The highest BCUT2D eigenvalue weighted by Gasteiger charge is 1.94. The van der Waals surface area contributed by atoms with Crippen molar-refractivity contribution in [1.29, 1.82) is 0 Å². The van der Waals surface area contributed by atoms with Crippen LogP contribution in [0.2, 0.25) is 0 Å². The van der Waals surface area contributed by atoms with E-state index in [1.54, 1.807) is 0 Å². The summed E-state index contributed by atoms with van der Waals surface area (Å²) in [7, 11) is 0. The minimum Gasteiger partial charge on any atom is -0.494 e. The van der Waals surface area contributed by atoms with Crippen LogP contribution in [0.1, 0.15) is 71.6 Å². The molecule has 1 aromatic carbocycles. The normalized spacial score (nSPS) is 10.4. The molecule has 0 aliphatic rings. The molecule has 0 amide bonds. The van der Waals surface area contributed by atoms with Gasteiger partial charge < -0.3 is 4.74 Å². The molecule has 1 nitrogen and oxygen atoms in total. The van der Waals surface area contributed by atoms with Gasteiger partial charge in [0.1, 0.15) is 5.75 Å². The second-order valence-electron chi connectivity index (χ2n) is 6.06. The highest BCUT2D eigenvalue weighted by molar-refractivity contribution is 5.20. The van der Waals surface area contributed by atoms with Gasteiger partial charge in [-0.15, -0.1) is 0 Å². The van der Waals surface area contributed by atoms with Gasteiger partial charge in [0.15, 0.2) is 0 Å². The maximum atomic E-state index is 5.69. The van der Waals surface area contributed by atoms with E-state index >= 15 is 0 Å². The Balaban J connectivity index is 1.80.